The van der Waals surface area contributed by atoms with Gasteiger partial charge in [-0.1, -0.05) is 36.5 Å². The summed E-state index contributed by atoms with van der Waals surface area (Å²) in [5.74, 6) is -3.21. The van der Waals surface area contributed by atoms with Crippen LogP contribution in [0.4, 0.5) is 19.3 Å². The van der Waals surface area contributed by atoms with Gasteiger partial charge in [-0.25, -0.2) is 8.42 Å². The van der Waals surface area contributed by atoms with Crippen molar-refractivity contribution in [3.8, 4) is 0 Å². The van der Waals surface area contributed by atoms with Crippen molar-refractivity contribution in [2.75, 3.05) is 4.72 Å². The standard InChI is InChI=1S/C9H9F2NO3S3/c10-8(11)18(14,15)12-7-3-1-2-6(4-7)5-17-9(13)16/h1-4,8,12H,5H2,(H,13,16). The van der Waals surface area contributed by atoms with Crippen LogP contribution in [0.15, 0.2) is 24.3 Å². The molecule has 1 rings (SSSR count). The Morgan fingerprint density at radius 3 is 2.67 bits per heavy atom. The molecule has 18 heavy (non-hydrogen) atoms. The highest BCUT2D eigenvalue weighted by Gasteiger charge is 2.23. The molecule has 0 spiro atoms. The molecule has 0 radical (unpaired) electrons. The van der Waals surface area contributed by atoms with Gasteiger partial charge >= 0.3 is 5.76 Å². The summed E-state index contributed by atoms with van der Waals surface area (Å²) in [5.41, 5.74) is 0.650. The third kappa shape index (κ3) is 4.83. The first kappa shape index (κ1) is 15.3. The van der Waals surface area contributed by atoms with Crippen LogP contribution in [0.1, 0.15) is 5.56 Å². The lowest BCUT2D eigenvalue weighted by atomic mass is 10.2. The fourth-order valence-electron chi connectivity index (χ4n) is 1.08. The Kier molecular flexibility index (Phi) is 5.42. The molecule has 0 saturated heterocycles. The highest BCUT2D eigenvalue weighted by atomic mass is 32.2. The molecule has 1 N–H and O–H groups in total. The maximum Gasteiger partial charge on any atom is 0.355 e. The number of anilines is 1. The van der Waals surface area contributed by atoms with Gasteiger partial charge in [-0.3, -0.25) is 9.52 Å². The van der Waals surface area contributed by atoms with Crippen LogP contribution < -0.4 is 4.72 Å². The lowest BCUT2D eigenvalue weighted by molar-refractivity contribution is 0.236. The van der Waals surface area contributed by atoms with E-state index in [2.05, 4.69) is 12.6 Å². The number of carbonyl (C=O) groups is 1. The number of rotatable bonds is 5. The van der Waals surface area contributed by atoms with Crippen molar-refractivity contribution >= 4 is 44.5 Å². The third-order valence-electron chi connectivity index (χ3n) is 1.78. The van der Waals surface area contributed by atoms with E-state index in [1.165, 1.54) is 18.2 Å². The van der Waals surface area contributed by atoms with E-state index in [0.29, 0.717) is 5.56 Å². The number of benzene rings is 1. The van der Waals surface area contributed by atoms with E-state index in [1.54, 1.807) is 10.8 Å². The molecular formula is C9H9F2NO3S3. The third-order valence-corrected chi connectivity index (χ3v) is 3.89. The topological polar surface area (TPSA) is 63.2 Å². The summed E-state index contributed by atoms with van der Waals surface area (Å²) >= 11 is 4.48. The first-order valence-electron chi connectivity index (χ1n) is 4.56. The van der Waals surface area contributed by atoms with Gasteiger partial charge in [0.2, 0.25) is 4.45 Å². The summed E-state index contributed by atoms with van der Waals surface area (Å²) in [4.78, 5) is 10.6. The van der Waals surface area contributed by atoms with Crippen LogP contribution in [-0.2, 0) is 15.8 Å². The highest BCUT2D eigenvalue weighted by molar-refractivity contribution is 8.31. The van der Waals surface area contributed by atoms with Crippen LogP contribution in [0.25, 0.3) is 0 Å². The predicted molar refractivity (Wildman–Crippen MR) is 70.7 cm³/mol. The van der Waals surface area contributed by atoms with E-state index in [0.717, 1.165) is 11.8 Å². The average Bonchev–Trinajstić information content (AvgIpc) is 2.26. The monoisotopic (exact) mass is 313 g/mol. The summed E-state index contributed by atoms with van der Waals surface area (Å²) in [6, 6.07) is 5.87. The second-order valence-corrected chi connectivity index (χ2v) is 6.47. The first-order valence-corrected chi connectivity index (χ1v) is 7.53. The molecule has 0 atom stereocenters. The molecule has 9 heteroatoms. The largest absolute Gasteiger partial charge is 0.355 e. The molecule has 0 fully saturated rings. The number of sulfonamides is 1. The van der Waals surface area contributed by atoms with E-state index in [1.807, 2.05) is 0 Å². The zero-order valence-electron chi connectivity index (χ0n) is 8.84. The molecule has 1 aromatic carbocycles. The second-order valence-electron chi connectivity index (χ2n) is 3.16. The molecule has 0 amide bonds. The minimum atomic E-state index is -4.67. The molecule has 0 aliphatic heterocycles. The summed E-state index contributed by atoms with van der Waals surface area (Å²) in [5, 5.41) is 0. The minimum Gasteiger partial charge on any atom is -0.279 e. The zero-order valence-corrected chi connectivity index (χ0v) is 11.4. The quantitative estimate of drug-likeness (QED) is 0.821. The number of hydrogen-bond donors (Lipinski definition) is 2. The van der Waals surface area contributed by atoms with E-state index in [4.69, 9.17) is 0 Å². The Morgan fingerprint density at radius 2 is 2.11 bits per heavy atom. The Morgan fingerprint density at radius 1 is 1.44 bits per heavy atom. The number of halogens is 2. The molecule has 0 aliphatic rings. The average molecular weight is 313 g/mol. The van der Waals surface area contributed by atoms with Gasteiger partial charge in [-0.05, 0) is 17.7 Å². The maximum absolute atomic E-state index is 12.1. The molecule has 0 saturated carbocycles. The number of thioether (sulfide) groups is 1. The van der Waals surface area contributed by atoms with Gasteiger partial charge in [0.05, 0.1) is 0 Å². The summed E-state index contributed by atoms with van der Waals surface area (Å²) < 4.78 is 47.5. The van der Waals surface area contributed by atoms with E-state index in [9.17, 15) is 22.0 Å². The summed E-state index contributed by atoms with van der Waals surface area (Å²) in [6.07, 6.45) is 0. The van der Waals surface area contributed by atoms with Crippen LogP contribution in [0.2, 0.25) is 0 Å². The number of nitrogens with one attached hydrogen (secondary N) is 1. The van der Waals surface area contributed by atoms with E-state index < -0.39 is 15.8 Å². The molecule has 4 nitrogen and oxygen atoms in total. The van der Waals surface area contributed by atoms with Crippen molar-refractivity contribution in [2.45, 2.75) is 11.5 Å². The van der Waals surface area contributed by atoms with Crippen molar-refractivity contribution < 1.29 is 22.0 Å². The molecule has 100 valence electrons. The van der Waals surface area contributed by atoms with Crippen LogP contribution in [-0.4, -0.2) is 18.6 Å². The number of hydrogen-bond acceptors (Lipinski definition) is 4. The van der Waals surface area contributed by atoms with Gasteiger partial charge < -0.3 is 0 Å². The maximum atomic E-state index is 12.1. The fourth-order valence-corrected chi connectivity index (χ4v) is 2.29. The van der Waals surface area contributed by atoms with Crippen molar-refractivity contribution in [1.82, 2.24) is 0 Å². The molecular weight excluding hydrogens is 304 g/mol. The van der Waals surface area contributed by atoms with E-state index >= 15 is 0 Å². The van der Waals surface area contributed by atoms with Crippen LogP contribution in [0.3, 0.4) is 0 Å². The molecule has 0 unspecified atom stereocenters. The molecule has 1 aromatic rings. The Bertz CT molecular complexity index is 534. The van der Waals surface area contributed by atoms with Crippen LogP contribution in [0, 0.1) is 0 Å². The summed E-state index contributed by atoms with van der Waals surface area (Å²) in [7, 11) is -4.67. The van der Waals surface area contributed by atoms with Crippen LogP contribution in [0.5, 0.6) is 0 Å². The van der Waals surface area contributed by atoms with Gasteiger partial charge in [0.25, 0.3) is 10.0 Å². The van der Waals surface area contributed by atoms with E-state index in [-0.39, 0.29) is 15.9 Å². The van der Waals surface area contributed by atoms with Crippen molar-refractivity contribution in [1.29, 1.82) is 0 Å². The number of thiol groups is 1. The Labute approximate surface area is 113 Å². The molecule has 0 heterocycles. The zero-order chi connectivity index (χ0) is 13.8. The smallest absolute Gasteiger partial charge is 0.279 e. The summed E-state index contributed by atoms with van der Waals surface area (Å²) in [6.45, 7) is 0. The predicted octanol–water partition coefficient (Wildman–Crippen LogP) is 2.93. The fraction of sp³-hybridized carbons (Fsp3) is 0.222. The van der Waals surface area contributed by atoms with Gasteiger partial charge in [-0.2, -0.15) is 8.78 Å². The van der Waals surface area contributed by atoms with Crippen molar-refractivity contribution in [3.05, 3.63) is 29.8 Å². The second kappa shape index (κ2) is 6.39. The Hall–Kier alpha value is -0.800. The highest BCUT2D eigenvalue weighted by Crippen LogP contribution is 2.20. The van der Waals surface area contributed by atoms with Gasteiger partial charge in [0, 0.05) is 11.4 Å². The van der Waals surface area contributed by atoms with Gasteiger partial charge in [0.1, 0.15) is 0 Å². The molecule has 0 bridgehead atoms. The first-order chi connectivity index (χ1) is 8.31. The normalized spacial score (nSPS) is 11.6. The van der Waals surface area contributed by atoms with Crippen molar-refractivity contribution in [2.24, 2.45) is 0 Å². The van der Waals surface area contributed by atoms with Crippen molar-refractivity contribution in [3.63, 3.8) is 0 Å². The molecule has 0 aliphatic carbocycles. The minimum absolute atomic E-state index is 0.0278. The lowest BCUT2D eigenvalue weighted by Gasteiger charge is -2.08. The SMILES string of the molecule is O=C(S)SCc1cccc(NS(=O)(=O)C(F)F)c1. The number of alkyl halides is 2. The Balaban J connectivity index is 2.80. The number of carbonyl (C=O) groups excluding carboxylic acids is 1. The molecule has 0 aromatic heterocycles. The van der Waals surface area contributed by atoms with Gasteiger partial charge in [-0.15, -0.1) is 0 Å². The lowest BCUT2D eigenvalue weighted by Crippen LogP contribution is -2.20. The van der Waals surface area contributed by atoms with Gasteiger partial charge in [0.15, 0.2) is 0 Å². The van der Waals surface area contributed by atoms with Crippen LogP contribution >= 0.6 is 24.4 Å².